The van der Waals surface area contributed by atoms with Gasteiger partial charge in [0.1, 0.15) is 0 Å². The molecule has 0 radical (unpaired) electrons. The van der Waals surface area contributed by atoms with Gasteiger partial charge in [-0.3, -0.25) is 4.79 Å². The van der Waals surface area contributed by atoms with Crippen LogP contribution in [-0.2, 0) is 4.79 Å². The molecule has 0 fully saturated rings. The number of nitrogens with one attached hydrogen (secondary N) is 2. The highest BCUT2D eigenvalue weighted by Gasteiger charge is 1.97. The first-order valence-corrected chi connectivity index (χ1v) is 9.33. The Kier molecular flexibility index (Phi) is 10.4. The van der Waals surface area contributed by atoms with Crippen LogP contribution in [0.25, 0.3) is 0 Å². The standard InChI is InChI=1S/C8H8BrNO.C8H9N.C7H8/c1-6(11)10-8-5-3-2-4-7(8)9;1-7(9)8-5-3-2-4-6-8;1-7-5-3-2-4-6-7/h2-5H,1H3,(H,10,11);2-6,9H,1H3;2-6H,1H3. The number of para-hydroxylation sites is 1. The van der Waals surface area contributed by atoms with Gasteiger partial charge < -0.3 is 10.7 Å². The summed E-state index contributed by atoms with van der Waals surface area (Å²) >= 11 is 3.31. The third-order valence-corrected chi connectivity index (χ3v) is 4.02. The van der Waals surface area contributed by atoms with Gasteiger partial charge in [0.25, 0.3) is 0 Å². The first kappa shape index (κ1) is 22.3. The van der Waals surface area contributed by atoms with Crippen LogP contribution in [0.15, 0.2) is 89.4 Å². The van der Waals surface area contributed by atoms with Crippen LogP contribution in [0.4, 0.5) is 5.69 Å². The summed E-state index contributed by atoms with van der Waals surface area (Å²) in [6.07, 6.45) is 0. The van der Waals surface area contributed by atoms with Gasteiger partial charge in [-0.15, -0.1) is 0 Å². The van der Waals surface area contributed by atoms with E-state index in [1.807, 2.05) is 72.8 Å². The third kappa shape index (κ3) is 10.1. The molecule has 2 N–H and O–H groups in total. The van der Waals surface area contributed by atoms with Crippen LogP contribution in [0.3, 0.4) is 0 Å². The van der Waals surface area contributed by atoms with Gasteiger partial charge in [-0.25, -0.2) is 0 Å². The fourth-order valence-corrected chi connectivity index (χ4v) is 2.36. The molecule has 1 amide bonds. The summed E-state index contributed by atoms with van der Waals surface area (Å²) in [5, 5.41) is 9.92. The predicted octanol–water partition coefficient (Wildman–Crippen LogP) is 6.48. The molecule has 140 valence electrons. The van der Waals surface area contributed by atoms with E-state index in [1.165, 1.54) is 12.5 Å². The highest BCUT2D eigenvalue weighted by molar-refractivity contribution is 9.10. The molecule has 0 saturated heterocycles. The smallest absolute Gasteiger partial charge is 0.221 e. The van der Waals surface area contributed by atoms with Gasteiger partial charge >= 0.3 is 0 Å². The molecule has 0 unspecified atom stereocenters. The summed E-state index contributed by atoms with van der Waals surface area (Å²) in [6, 6.07) is 27.4. The second kappa shape index (κ2) is 12.6. The quantitative estimate of drug-likeness (QED) is 0.454. The van der Waals surface area contributed by atoms with Crippen molar-refractivity contribution in [3.63, 3.8) is 0 Å². The molecule has 4 heteroatoms. The number of rotatable bonds is 2. The van der Waals surface area contributed by atoms with E-state index < -0.39 is 0 Å². The van der Waals surface area contributed by atoms with Crippen molar-refractivity contribution in [2.45, 2.75) is 20.8 Å². The average Bonchev–Trinajstić information content (AvgIpc) is 2.66. The number of benzene rings is 3. The number of carbonyl (C=O) groups excluding carboxylic acids is 1. The Morgan fingerprint density at radius 3 is 1.67 bits per heavy atom. The highest BCUT2D eigenvalue weighted by atomic mass is 79.9. The summed E-state index contributed by atoms with van der Waals surface area (Å²) in [5.41, 5.74) is 3.75. The zero-order chi connectivity index (χ0) is 20.1. The number of aryl methyl sites for hydroxylation is 1. The molecule has 0 aromatic heterocycles. The molecule has 3 aromatic rings. The Morgan fingerprint density at radius 2 is 1.30 bits per heavy atom. The monoisotopic (exact) mass is 424 g/mol. The lowest BCUT2D eigenvalue weighted by molar-refractivity contribution is -0.114. The SMILES string of the molecule is CC(=N)c1ccccc1.CC(=O)Nc1ccccc1Br.Cc1ccccc1. The van der Waals surface area contributed by atoms with Crippen LogP contribution in [-0.4, -0.2) is 11.6 Å². The third-order valence-electron chi connectivity index (χ3n) is 3.33. The molecule has 0 aliphatic heterocycles. The van der Waals surface area contributed by atoms with E-state index >= 15 is 0 Å². The zero-order valence-corrected chi connectivity index (χ0v) is 17.5. The van der Waals surface area contributed by atoms with E-state index in [2.05, 4.69) is 40.3 Å². The van der Waals surface area contributed by atoms with E-state index in [0.29, 0.717) is 5.71 Å². The van der Waals surface area contributed by atoms with E-state index in [4.69, 9.17) is 5.41 Å². The summed E-state index contributed by atoms with van der Waals surface area (Å²) in [6.45, 7) is 5.36. The molecule has 0 heterocycles. The average molecular weight is 425 g/mol. The van der Waals surface area contributed by atoms with Crippen LogP contribution < -0.4 is 5.32 Å². The van der Waals surface area contributed by atoms with Gasteiger partial charge in [-0.1, -0.05) is 78.4 Å². The van der Waals surface area contributed by atoms with Crippen molar-refractivity contribution in [3.8, 4) is 0 Å². The van der Waals surface area contributed by atoms with E-state index in [9.17, 15) is 4.79 Å². The summed E-state index contributed by atoms with van der Waals surface area (Å²) in [4.78, 5) is 10.6. The van der Waals surface area contributed by atoms with Gasteiger partial charge in [0.15, 0.2) is 0 Å². The molecule has 0 aliphatic rings. The number of halogens is 1. The van der Waals surface area contributed by atoms with Crippen molar-refractivity contribution in [2.24, 2.45) is 0 Å². The van der Waals surface area contributed by atoms with E-state index in [1.54, 1.807) is 6.92 Å². The Bertz CT molecular complexity index is 833. The topological polar surface area (TPSA) is 53.0 Å². The number of anilines is 1. The molecular formula is C23H25BrN2O. The lowest BCUT2D eigenvalue weighted by Gasteiger charge is -2.02. The molecule has 0 aliphatic carbocycles. The van der Waals surface area contributed by atoms with Crippen molar-refractivity contribution in [2.75, 3.05) is 5.32 Å². The Balaban J connectivity index is 0.000000208. The number of carbonyl (C=O) groups is 1. The number of hydrogen-bond donors (Lipinski definition) is 2. The fourth-order valence-electron chi connectivity index (χ4n) is 1.97. The van der Waals surface area contributed by atoms with Crippen LogP contribution in [0.5, 0.6) is 0 Å². The van der Waals surface area contributed by atoms with E-state index in [-0.39, 0.29) is 5.91 Å². The molecule has 3 nitrogen and oxygen atoms in total. The maximum atomic E-state index is 10.6. The van der Waals surface area contributed by atoms with Crippen LogP contribution >= 0.6 is 15.9 Å². The van der Waals surface area contributed by atoms with Crippen LogP contribution in [0.2, 0.25) is 0 Å². The summed E-state index contributed by atoms with van der Waals surface area (Å²) in [5.74, 6) is -0.0584. The minimum Gasteiger partial charge on any atom is -0.325 e. The van der Waals surface area contributed by atoms with Crippen LogP contribution in [0.1, 0.15) is 25.0 Å². The second-order valence-electron chi connectivity index (χ2n) is 5.81. The minimum absolute atomic E-state index is 0.0584. The minimum atomic E-state index is -0.0584. The molecule has 0 spiro atoms. The van der Waals surface area contributed by atoms with Gasteiger partial charge in [0.2, 0.25) is 5.91 Å². The molecule has 0 bridgehead atoms. The van der Waals surface area contributed by atoms with Gasteiger partial charge in [-0.05, 0) is 47.5 Å². The predicted molar refractivity (Wildman–Crippen MR) is 119 cm³/mol. The van der Waals surface area contributed by atoms with Gasteiger partial charge in [0, 0.05) is 17.1 Å². The number of hydrogen-bond acceptors (Lipinski definition) is 2. The maximum Gasteiger partial charge on any atom is 0.221 e. The first-order chi connectivity index (χ1) is 12.9. The largest absolute Gasteiger partial charge is 0.325 e. The fraction of sp³-hybridized carbons (Fsp3) is 0.130. The Morgan fingerprint density at radius 1 is 0.815 bits per heavy atom. The van der Waals surface area contributed by atoms with Crippen molar-refractivity contribution < 1.29 is 4.79 Å². The zero-order valence-electron chi connectivity index (χ0n) is 15.9. The lowest BCUT2D eigenvalue weighted by atomic mass is 10.1. The molecular weight excluding hydrogens is 400 g/mol. The molecule has 0 atom stereocenters. The lowest BCUT2D eigenvalue weighted by Crippen LogP contribution is -2.05. The summed E-state index contributed by atoms with van der Waals surface area (Å²) in [7, 11) is 0. The van der Waals surface area contributed by atoms with Crippen LogP contribution in [0, 0.1) is 12.3 Å². The summed E-state index contributed by atoms with van der Waals surface area (Å²) < 4.78 is 0.898. The van der Waals surface area contributed by atoms with Gasteiger partial charge in [0.05, 0.1) is 5.69 Å². The van der Waals surface area contributed by atoms with Crippen molar-refractivity contribution in [1.82, 2.24) is 0 Å². The van der Waals surface area contributed by atoms with Crippen molar-refractivity contribution in [1.29, 1.82) is 5.41 Å². The molecule has 3 aromatic carbocycles. The molecule has 3 rings (SSSR count). The van der Waals surface area contributed by atoms with Crippen molar-refractivity contribution >= 4 is 33.2 Å². The van der Waals surface area contributed by atoms with Crippen molar-refractivity contribution in [3.05, 3.63) is 101 Å². The second-order valence-corrected chi connectivity index (χ2v) is 6.66. The number of amides is 1. The Hall–Kier alpha value is -2.72. The highest BCUT2D eigenvalue weighted by Crippen LogP contribution is 2.20. The van der Waals surface area contributed by atoms with E-state index in [0.717, 1.165) is 15.7 Å². The maximum absolute atomic E-state index is 10.6. The normalized spacial score (nSPS) is 9.04. The molecule has 0 saturated carbocycles. The molecule has 27 heavy (non-hydrogen) atoms. The van der Waals surface area contributed by atoms with Gasteiger partial charge in [-0.2, -0.15) is 0 Å². The first-order valence-electron chi connectivity index (χ1n) is 8.54. The Labute approximate surface area is 170 Å².